The van der Waals surface area contributed by atoms with Gasteiger partial charge in [-0.05, 0) is 25.8 Å². The van der Waals surface area contributed by atoms with E-state index in [0.29, 0.717) is 12.0 Å². The molecule has 0 amide bonds. The van der Waals surface area contributed by atoms with E-state index in [0.717, 1.165) is 12.5 Å². The van der Waals surface area contributed by atoms with Crippen molar-refractivity contribution in [1.82, 2.24) is 16.2 Å². The highest BCUT2D eigenvalue weighted by Gasteiger charge is 2.43. The Morgan fingerprint density at radius 1 is 1.50 bits per heavy atom. The van der Waals surface area contributed by atoms with Gasteiger partial charge in [0.1, 0.15) is 0 Å². The molecule has 0 aliphatic carbocycles. The lowest BCUT2D eigenvalue weighted by molar-refractivity contribution is 0.274. The van der Waals surface area contributed by atoms with Gasteiger partial charge in [-0.15, -0.1) is 0 Å². The largest absolute Gasteiger partial charge is 0.318 e. The predicted octanol–water partition coefficient (Wildman–Crippen LogP) is 1.12. The minimum Gasteiger partial charge on any atom is -0.318 e. The SMILES string of the molecule is CCC(C)C1NNC(C)(CNC)[C@@H]1C. The van der Waals surface area contributed by atoms with E-state index in [4.69, 9.17) is 0 Å². The van der Waals surface area contributed by atoms with Crippen LogP contribution in [0.2, 0.25) is 0 Å². The Morgan fingerprint density at radius 2 is 2.14 bits per heavy atom. The molecule has 0 aromatic heterocycles. The minimum absolute atomic E-state index is 0.183. The number of nitrogens with one attached hydrogen (secondary N) is 3. The van der Waals surface area contributed by atoms with Crippen LogP contribution in [0.1, 0.15) is 34.1 Å². The normalized spacial score (nSPS) is 40.1. The summed E-state index contributed by atoms with van der Waals surface area (Å²) in [5, 5.41) is 3.26. The highest BCUT2D eigenvalue weighted by atomic mass is 15.5. The third-order valence-corrected chi connectivity index (χ3v) is 3.87. The number of hydrogen-bond acceptors (Lipinski definition) is 3. The zero-order valence-corrected chi connectivity index (χ0v) is 10.1. The molecule has 0 saturated carbocycles. The molecule has 0 aromatic carbocycles. The summed E-state index contributed by atoms with van der Waals surface area (Å²) in [4.78, 5) is 0. The van der Waals surface area contributed by atoms with Gasteiger partial charge in [-0.2, -0.15) is 0 Å². The summed E-state index contributed by atoms with van der Waals surface area (Å²) in [6.45, 7) is 10.2. The van der Waals surface area contributed by atoms with E-state index in [1.165, 1.54) is 6.42 Å². The van der Waals surface area contributed by atoms with Gasteiger partial charge >= 0.3 is 0 Å². The van der Waals surface area contributed by atoms with Gasteiger partial charge in [0.25, 0.3) is 0 Å². The molecular formula is C11H25N3. The zero-order valence-electron chi connectivity index (χ0n) is 10.1. The molecule has 0 bridgehead atoms. The van der Waals surface area contributed by atoms with Crippen molar-refractivity contribution < 1.29 is 0 Å². The maximum absolute atomic E-state index is 3.44. The molecule has 0 spiro atoms. The van der Waals surface area contributed by atoms with Crippen LogP contribution < -0.4 is 16.2 Å². The Labute approximate surface area is 88.0 Å². The van der Waals surface area contributed by atoms with Crippen molar-refractivity contribution in [2.45, 2.75) is 45.7 Å². The summed E-state index contributed by atoms with van der Waals surface area (Å²) in [5.41, 5.74) is 7.06. The fraction of sp³-hybridized carbons (Fsp3) is 1.00. The molecule has 3 nitrogen and oxygen atoms in total. The first-order chi connectivity index (χ1) is 6.55. The van der Waals surface area contributed by atoms with Crippen LogP contribution in [-0.2, 0) is 0 Å². The maximum Gasteiger partial charge on any atom is 0.0460 e. The van der Waals surface area contributed by atoms with E-state index in [1.54, 1.807) is 0 Å². The first-order valence-corrected chi connectivity index (χ1v) is 5.72. The van der Waals surface area contributed by atoms with Gasteiger partial charge in [0, 0.05) is 18.1 Å². The first kappa shape index (κ1) is 12.0. The van der Waals surface area contributed by atoms with Gasteiger partial charge in [-0.3, -0.25) is 10.9 Å². The van der Waals surface area contributed by atoms with Crippen LogP contribution in [-0.4, -0.2) is 25.2 Å². The molecule has 1 aliphatic heterocycles. The molecule has 14 heavy (non-hydrogen) atoms. The van der Waals surface area contributed by atoms with Crippen LogP contribution in [0.5, 0.6) is 0 Å². The quantitative estimate of drug-likeness (QED) is 0.635. The third kappa shape index (κ3) is 2.10. The maximum atomic E-state index is 3.44. The second kappa shape index (κ2) is 4.60. The molecule has 0 aromatic rings. The van der Waals surface area contributed by atoms with Crippen LogP contribution in [0.25, 0.3) is 0 Å². The van der Waals surface area contributed by atoms with Crippen molar-refractivity contribution >= 4 is 0 Å². The van der Waals surface area contributed by atoms with Crippen LogP contribution in [0.3, 0.4) is 0 Å². The average Bonchev–Trinajstić information content (AvgIpc) is 2.44. The highest BCUT2D eigenvalue weighted by molar-refractivity contribution is 5.01. The Morgan fingerprint density at radius 3 is 2.64 bits per heavy atom. The van der Waals surface area contributed by atoms with Crippen LogP contribution >= 0.6 is 0 Å². The van der Waals surface area contributed by atoms with Crippen molar-refractivity contribution in [3.8, 4) is 0 Å². The van der Waals surface area contributed by atoms with Crippen LogP contribution in [0.15, 0.2) is 0 Å². The highest BCUT2D eigenvalue weighted by Crippen LogP contribution is 2.29. The lowest BCUT2D eigenvalue weighted by atomic mass is 9.79. The van der Waals surface area contributed by atoms with Crippen LogP contribution in [0.4, 0.5) is 0 Å². The van der Waals surface area contributed by atoms with E-state index in [1.807, 2.05) is 7.05 Å². The van der Waals surface area contributed by atoms with E-state index in [2.05, 4.69) is 43.9 Å². The standard InChI is InChI=1S/C11H25N3/c1-6-8(2)10-9(3)11(4,7-12-5)14-13-10/h8-10,12-14H,6-7H2,1-5H3/t8?,9-,10?,11?/m1/s1. The molecule has 1 heterocycles. The van der Waals surface area contributed by atoms with Crippen molar-refractivity contribution in [3.05, 3.63) is 0 Å². The topological polar surface area (TPSA) is 36.1 Å². The van der Waals surface area contributed by atoms with Crippen molar-refractivity contribution in [3.63, 3.8) is 0 Å². The first-order valence-electron chi connectivity index (χ1n) is 5.72. The van der Waals surface area contributed by atoms with Gasteiger partial charge in [0.15, 0.2) is 0 Å². The van der Waals surface area contributed by atoms with Crippen molar-refractivity contribution in [2.24, 2.45) is 11.8 Å². The summed E-state index contributed by atoms with van der Waals surface area (Å²) in [7, 11) is 2.01. The molecule has 1 fully saturated rings. The lowest BCUT2D eigenvalue weighted by Crippen LogP contribution is -2.50. The fourth-order valence-electron chi connectivity index (χ4n) is 2.34. The zero-order chi connectivity index (χ0) is 10.8. The Balaban J connectivity index is 2.62. The smallest absolute Gasteiger partial charge is 0.0460 e. The number of likely N-dealkylation sites (N-methyl/N-ethyl adjacent to an activating group) is 1. The molecule has 3 unspecified atom stereocenters. The van der Waals surface area contributed by atoms with E-state index in [-0.39, 0.29) is 5.54 Å². The number of hydrazine groups is 1. The molecule has 0 radical (unpaired) electrons. The van der Waals surface area contributed by atoms with Gasteiger partial charge in [0.2, 0.25) is 0 Å². The Hall–Kier alpha value is -0.120. The fourth-order valence-corrected chi connectivity index (χ4v) is 2.34. The van der Waals surface area contributed by atoms with Crippen molar-refractivity contribution in [2.75, 3.05) is 13.6 Å². The van der Waals surface area contributed by atoms with E-state index < -0.39 is 0 Å². The van der Waals surface area contributed by atoms with Gasteiger partial charge in [0.05, 0.1) is 0 Å². The molecule has 1 saturated heterocycles. The average molecular weight is 199 g/mol. The van der Waals surface area contributed by atoms with Crippen LogP contribution in [0, 0.1) is 11.8 Å². The summed E-state index contributed by atoms with van der Waals surface area (Å²) in [5.74, 6) is 1.39. The minimum atomic E-state index is 0.183. The summed E-state index contributed by atoms with van der Waals surface area (Å²) >= 11 is 0. The van der Waals surface area contributed by atoms with Gasteiger partial charge < -0.3 is 5.32 Å². The third-order valence-electron chi connectivity index (χ3n) is 3.87. The number of hydrogen-bond donors (Lipinski definition) is 3. The second-order valence-corrected chi connectivity index (χ2v) is 4.92. The summed E-state index contributed by atoms with van der Waals surface area (Å²) < 4.78 is 0. The van der Waals surface area contributed by atoms with Gasteiger partial charge in [-0.25, -0.2) is 0 Å². The van der Waals surface area contributed by atoms with E-state index >= 15 is 0 Å². The number of rotatable bonds is 4. The molecule has 1 rings (SSSR count). The molecule has 84 valence electrons. The Kier molecular flexibility index (Phi) is 3.93. The Bertz CT molecular complexity index is 183. The van der Waals surface area contributed by atoms with Crippen molar-refractivity contribution in [1.29, 1.82) is 0 Å². The summed E-state index contributed by atoms with van der Waals surface area (Å²) in [6.07, 6.45) is 1.24. The predicted molar refractivity (Wildman–Crippen MR) is 61.0 cm³/mol. The van der Waals surface area contributed by atoms with Gasteiger partial charge in [-0.1, -0.05) is 27.2 Å². The molecule has 3 N–H and O–H groups in total. The second-order valence-electron chi connectivity index (χ2n) is 4.92. The monoisotopic (exact) mass is 199 g/mol. The molecular weight excluding hydrogens is 174 g/mol. The van der Waals surface area contributed by atoms with E-state index in [9.17, 15) is 0 Å². The molecule has 4 atom stereocenters. The lowest BCUT2D eigenvalue weighted by Gasteiger charge is -2.31. The molecule has 3 heteroatoms. The molecule has 1 aliphatic rings. The summed E-state index contributed by atoms with van der Waals surface area (Å²) in [6, 6.07) is 0.596.